The molecular formula is C21H25CaN7O6. The number of carbonyl (C=O) groups excluding carboxylic acids is 3. The average Bonchev–Trinajstić information content (AvgIpc) is 2.78. The van der Waals surface area contributed by atoms with E-state index in [0.29, 0.717) is 30.2 Å². The Morgan fingerprint density at radius 2 is 1.94 bits per heavy atom. The molecule has 1 aliphatic heterocycles. The van der Waals surface area contributed by atoms with Crippen LogP contribution < -0.4 is 42.4 Å². The number of carboxylic acid groups (broad SMARTS) is 2. The monoisotopic (exact) mass is 511 g/mol. The number of nitrogen functional groups attached to an aromatic ring is 1. The summed E-state index contributed by atoms with van der Waals surface area (Å²) in [6.07, 6.45) is -0.707. The van der Waals surface area contributed by atoms with Crippen LogP contribution in [-0.4, -0.2) is 104 Å². The molecule has 1 aliphatic rings. The molecule has 0 bridgehead atoms. The minimum Gasteiger partial charge on any atom is -0.550 e. The number of hydrogen-bond acceptors (Lipinski definition) is 12. The second kappa shape index (κ2) is 12.7. The fourth-order valence-corrected chi connectivity index (χ4v) is 3.57. The van der Waals surface area contributed by atoms with Crippen molar-refractivity contribution >= 4 is 78.6 Å². The Morgan fingerprint density at radius 3 is 2.57 bits per heavy atom. The first-order valence-corrected chi connectivity index (χ1v) is 10.5. The number of nitrogens with zero attached hydrogens (tertiary/aromatic N) is 2. The maximum absolute atomic E-state index is 12.4. The van der Waals surface area contributed by atoms with E-state index in [1.165, 1.54) is 0 Å². The van der Waals surface area contributed by atoms with Crippen molar-refractivity contribution in [2.75, 3.05) is 47.9 Å². The van der Waals surface area contributed by atoms with Gasteiger partial charge in [0.05, 0.1) is 18.6 Å². The van der Waals surface area contributed by atoms with Gasteiger partial charge in [-0.05, 0) is 37.1 Å². The maximum atomic E-state index is 12.4. The van der Waals surface area contributed by atoms with Crippen LogP contribution in [0.3, 0.4) is 0 Å². The number of aromatic nitrogens is 2. The Balaban J connectivity index is 0.00000432. The molecule has 2 heterocycles. The van der Waals surface area contributed by atoms with E-state index in [1.54, 1.807) is 31.3 Å². The number of rotatable bonds is 11. The molecule has 0 fully saturated rings. The number of ketones is 1. The van der Waals surface area contributed by atoms with E-state index < -0.39 is 24.4 Å². The molecule has 13 nitrogen and oxygen atoms in total. The number of aliphatic carboxylic acids is 2. The molecule has 2 atom stereocenters. The summed E-state index contributed by atoms with van der Waals surface area (Å²) in [6, 6.07) is 5.27. The van der Waals surface area contributed by atoms with Crippen molar-refractivity contribution in [3.8, 4) is 0 Å². The predicted molar refractivity (Wildman–Crippen MR) is 126 cm³/mol. The number of H-pyrrole nitrogens is 1. The van der Waals surface area contributed by atoms with Crippen molar-refractivity contribution in [3.63, 3.8) is 0 Å². The van der Waals surface area contributed by atoms with E-state index in [4.69, 9.17) is 5.73 Å². The number of Topliss-reactive ketones (excluding diaryl/α,β-unsaturated/α-hetero) is 1. The maximum Gasteiger partial charge on any atom is 2.00 e. The topological polar surface area (TPSA) is 208 Å². The van der Waals surface area contributed by atoms with E-state index in [9.17, 15) is 29.4 Å². The van der Waals surface area contributed by atoms with Crippen LogP contribution >= 0.6 is 0 Å². The van der Waals surface area contributed by atoms with Crippen LogP contribution in [0, 0.1) is 0 Å². The molecule has 0 saturated carbocycles. The summed E-state index contributed by atoms with van der Waals surface area (Å²) in [5, 5.41) is 30.5. The molecule has 2 aromatic rings. The van der Waals surface area contributed by atoms with Gasteiger partial charge < -0.3 is 46.4 Å². The van der Waals surface area contributed by atoms with Crippen LogP contribution in [0.1, 0.15) is 23.2 Å². The third-order valence-electron chi connectivity index (χ3n) is 5.50. The first-order chi connectivity index (χ1) is 16.2. The third-order valence-corrected chi connectivity index (χ3v) is 5.50. The number of hydrogen-bond donors (Lipinski definition) is 5. The van der Waals surface area contributed by atoms with Crippen LogP contribution in [0.2, 0.25) is 0 Å². The van der Waals surface area contributed by atoms with Crippen molar-refractivity contribution in [2.45, 2.75) is 24.9 Å². The van der Waals surface area contributed by atoms with Crippen molar-refractivity contribution in [2.24, 2.45) is 0 Å². The molecule has 1 unspecified atom stereocenters. The van der Waals surface area contributed by atoms with Gasteiger partial charge in [0.1, 0.15) is 5.69 Å². The Hall–Kier alpha value is -2.87. The minimum absolute atomic E-state index is 0. The summed E-state index contributed by atoms with van der Waals surface area (Å²) in [4.78, 5) is 54.6. The number of anilines is 4. The summed E-state index contributed by atoms with van der Waals surface area (Å²) in [7, 11) is 1.79. The zero-order chi connectivity index (χ0) is 24.8. The zero-order valence-corrected chi connectivity index (χ0v) is 21.3. The van der Waals surface area contributed by atoms with E-state index >= 15 is 0 Å². The van der Waals surface area contributed by atoms with Gasteiger partial charge in [0.15, 0.2) is 11.6 Å². The first-order valence-electron chi connectivity index (χ1n) is 10.5. The average molecular weight is 512 g/mol. The standard InChI is InChI=1S/C21H27N7O6.Ca/c1-28-13(9-25-18-17(28)19(32)27-21(22)26-18)8-23-12-4-2-11(3-5-12)15(29)10-24-14(20(33)34)6-7-16(30)31;/h2-5,13-14,23-24H,6-10H2,1H3,(H,30,31)(H,33,34)(H4,22,25,26,27,32);/q;+2/p-2/t13-,14?;/m0./s1. The molecule has 1 aromatic carbocycles. The van der Waals surface area contributed by atoms with Crippen LogP contribution in [-0.2, 0) is 9.59 Å². The third kappa shape index (κ3) is 7.56. The van der Waals surface area contributed by atoms with Gasteiger partial charge in [-0.1, -0.05) is 0 Å². The van der Waals surface area contributed by atoms with Gasteiger partial charge in [0.25, 0.3) is 5.56 Å². The smallest absolute Gasteiger partial charge is 0.550 e. The van der Waals surface area contributed by atoms with Gasteiger partial charge in [-0.15, -0.1) is 0 Å². The molecule has 0 saturated heterocycles. The Kier molecular flexibility index (Phi) is 10.3. The van der Waals surface area contributed by atoms with Gasteiger partial charge in [-0.2, -0.15) is 4.98 Å². The summed E-state index contributed by atoms with van der Waals surface area (Å²) >= 11 is 0. The first kappa shape index (κ1) is 28.4. The number of carbonyl (C=O) groups is 3. The summed E-state index contributed by atoms with van der Waals surface area (Å²) < 4.78 is 0. The number of aromatic amines is 1. The van der Waals surface area contributed by atoms with Crippen molar-refractivity contribution in [3.05, 3.63) is 40.2 Å². The Labute approximate surface area is 230 Å². The normalized spacial score (nSPS) is 15.2. The molecule has 0 aliphatic carbocycles. The molecule has 0 amide bonds. The molecule has 0 spiro atoms. The molecule has 3 rings (SSSR count). The van der Waals surface area contributed by atoms with E-state index in [1.807, 2.05) is 4.90 Å². The molecular weight excluding hydrogens is 486 g/mol. The second-order valence-electron chi connectivity index (χ2n) is 7.84. The predicted octanol–water partition coefficient (Wildman–Crippen LogP) is -3.27. The van der Waals surface area contributed by atoms with Crippen LogP contribution in [0.5, 0.6) is 0 Å². The SMILES string of the molecule is CN1c2c(nc(N)[nH]c2=O)NC[C@@H]1CNc1ccc(C(=O)CNC(CCC(=O)[O-])C(=O)[O-])cc1.[Ca+2]. The molecule has 0 radical (unpaired) electrons. The number of carboxylic acids is 2. The molecule has 14 heteroatoms. The quantitative estimate of drug-likeness (QED) is 0.149. The van der Waals surface area contributed by atoms with Gasteiger partial charge in [0, 0.05) is 43.4 Å². The number of likely N-dealkylation sites (N-methyl/N-ethyl adjacent to an activating group) is 1. The molecule has 1 aromatic heterocycles. The summed E-state index contributed by atoms with van der Waals surface area (Å²) in [5.74, 6) is -2.75. The van der Waals surface area contributed by atoms with Crippen LogP contribution in [0.25, 0.3) is 0 Å². The van der Waals surface area contributed by atoms with Gasteiger partial charge >= 0.3 is 37.7 Å². The minimum atomic E-state index is -1.49. The largest absolute Gasteiger partial charge is 2.00 e. The van der Waals surface area contributed by atoms with Gasteiger partial charge in [-0.3, -0.25) is 14.6 Å². The number of nitrogens with two attached hydrogens (primary N) is 1. The zero-order valence-electron chi connectivity index (χ0n) is 19.1. The van der Waals surface area contributed by atoms with E-state index in [0.717, 1.165) is 5.69 Å². The number of fused-ring (bicyclic) bond motifs is 1. The van der Waals surface area contributed by atoms with Gasteiger partial charge in [0.2, 0.25) is 5.95 Å². The van der Waals surface area contributed by atoms with Crippen molar-refractivity contribution < 1.29 is 24.6 Å². The Bertz CT molecular complexity index is 1120. The second-order valence-corrected chi connectivity index (χ2v) is 7.84. The molecule has 6 N–H and O–H groups in total. The molecule has 182 valence electrons. The number of benzene rings is 1. The Morgan fingerprint density at radius 1 is 1.26 bits per heavy atom. The fourth-order valence-electron chi connectivity index (χ4n) is 3.57. The molecule has 35 heavy (non-hydrogen) atoms. The van der Waals surface area contributed by atoms with Gasteiger partial charge in [-0.25, -0.2) is 0 Å². The summed E-state index contributed by atoms with van der Waals surface area (Å²) in [6.45, 7) is 0.739. The van der Waals surface area contributed by atoms with E-state index in [-0.39, 0.29) is 74.0 Å². The number of nitrogens with one attached hydrogen (secondary N) is 4. The van der Waals surface area contributed by atoms with Crippen LogP contribution in [0.15, 0.2) is 29.1 Å². The van der Waals surface area contributed by atoms with Crippen molar-refractivity contribution in [1.82, 2.24) is 15.3 Å². The fraction of sp³-hybridized carbons (Fsp3) is 0.381. The van der Waals surface area contributed by atoms with E-state index in [2.05, 4.69) is 25.9 Å². The summed E-state index contributed by atoms with van der Waals surface area (Å²) in [5.41, 5.74) is 6.75. The van der Waals surface area contributed by atoms with Crippen molar-refractivity contribution in [1.29, 1.82) is 0 Å². The van der Waals surface area contributed by atoms with Crippen LogP contribution in [0.4, 0.5) is 23.1 Å².